The predicted octanol–water partition coefficient (Wildman–Crippen LogP) is 4.15. The molecule has 0 bridgehead atoms. The second-order valence-electron chi connectivity index (χ2n) is 4.35. The molecule has 0 nitrogen and oxygen atoms in total. The van der Waals surface area contributed by atoms with Crippen molar-refractivity contribution >= 4 is 0 Å². The molecule has 0 saturated heterocycles. The van der Waals surface area contributed by atoms with Gasteiger partial charge in [-0.05, 0) is 17.4 Å². The Morgan fingerprint density at radius 2 is 1.69 bits per heavy atom. The van der Waals surface area contributed by atoms with Crippen LogP contribution in [0.15, 0.2) is 30.3 Å². The lowest BCUT2D eigenvalue weighted by Gasteiger charge is -2.24. The SMILES string of the molecule is CCCCC(C)(C)c1ccccc1. The highest BCUT2D eigenvalue weighted by molar-refractivity contribution is 5.23. The topological polar surface area (TPSA) is 0 Å². The average molecular weight is 176 g/mol. The van der Waals surface area contributed by atoms with E-state index in [-0.39, 0.29) is 0 Å². The van der Waals surface area contributed by atoms with Gasteiger partial charge in [0.1, 0.15) is 0 Å². The third kappa shape index (κ3) is 2.87. The molecule has 0 amide bonds. The van der Waals surface area contributed by atoms with Crippen molar-refractivity contribution in [1.29, 1.82) is 0 Å². The van der Waals surface area contributed by atoms with Gasteiger partial charge in [0.15, 0.2) is 0 Å². The first-order chi connectivity index (χ1) is 6.17. The molecule has 13 heavy (non-hydrogen) atoms. The average Bonchev–Trinajstić information content (AvgIpc) is 2.16. The molecular weight excluding hydrogens is 156 g/mol. The summed E-state index contributed by atoms with van der Waals surface area (Å²) in [6.07, 6.45) is 3.89. The molecule has 1 rings (SSSR count). The van der Waals surface area contributed by atoms with E-state index in [1.807, 2.05) is 0 Å². The summed E-state index contributed by atoms with van der Waals surface area (Å²) in [5.74, 6) is 0. The van der Waals surface area contributed by atoms with Gasteiger partial charge in [0.05, 0.1) is 0 Å². The zero-order chi connectivity index (χ0) is 9.73. The molecule has 0 N–H and O–H groups in total. The summed E-state index contributed by atoms with van der Waals surface area (Å²) in [6.45, 7) is 6.91. The summed E-state index contributed by atoms with van der Waals surface area (Å²) in [5, 5.41) is 0. The van der Waals surface area contributed by atoms with E-state index >= 15 is 0 Å². The molecular formula is C13H20. The van der Waals surface area contributed by atoms with E-state index < -0.39 is 0 Å². The van der Waals surface area contributed by atoms with Gasteiger partial charge in [0, 0.05) is 0 Å². The Labute approximate surface area is 82.0 Å². The summed E-state index contributed by atoms with van der Waals surface area (Å²) in [7, 11) is 0. The second kappa shape index (κ2) is 4.45. The molecule has 0 aliphatic carbocycles. The fraction of sp³-hybridized carbons (Fsp3) is 0.538. The lowest BCUT2D eigenvalue weighted by atomic mass is 9.80. The van der Waals surface area contributed by atoms with Crippen LogP contribution in [0.4, 0.5) is 0 Å². The Kier molecular flexibility index (Phi) is 3.53. The minimum Gasteiger partial charge on any atom is -0.0654 e. The first kappa shape index (κ1) is 10.3. The Bertz CT molecular complexity index is 233. The van der Waals surface area contributed by atoms with Crippen LogP contribution >= 0.6 is 0 Å². The van der Waals surface area contributed by atoms with Gasteiger partial charge in [-0.25, -0.2) is 0 Å². The van der Waals surface area contributed by atoms with Crippen molar-refractivity contribution in [2.45, 2.75) is 45.4 Å². The highest BCUT2D eigenvalue weighted by Crippen LogP contribution is 2.28. The molecule has 0 radical (unpaired) electrons. The summed E-state index contributed by atoms with van der Waals surface area (Å²) in [4.78, 5) is 0. The normalized spacial score (nSPS) is 11.6. The van der Waals surface area contributed by atoms with Gasteiger partial charge in [0.2, 0.25) is 0 Å². The molecule has 0 atom stereocenters. The Hall–Kier alpha value is -0.780. The maximum absolute atomic E-state index is 2.33. The Morgan fingerprint density at radius 1 is 1.08 bits per heavy atom. The van der Waals surface area contributed by atoms with E-state index in [0.717, 1.165) is 0 Å². The van der Waals surface area contributed by atoms with Crippen molar-refractivity contribution < 1.29 is 0 Å². The summed E-state index contributed by atoms with van der Waals surface area (Å²) in [5.41, 5.74) is 1.81. The second-order valence-corrected chi connectivity index (χ2v) is 4.35. The lowest BCUT2D eigenvalue weighted by Crippen LogP contribution is -2.16. The molecule has 1 aromatic rings. The number of unbranched alkanes of at least 4 members (excludes halogenated alkanes) is 1. The standard InChI is InChI=1S/C13H20/c1-4-5-11-13(2,3)12-9-7-6-8-10-12/h6-10H,4-5,11H2,1-3H3. The number of benzene rings is 1. The van der Waals surface area contributed by atoms with E-state index in [1.165, 1.54) is 24.8 Å². The quantitative estimate of drug-likeness (QED) is 0.646. The lowest BCUT2D eigenvalue weighted by molar-refractivity contribution is 0.458. The van der Waals surface area contributed by atoms with E-state index in [1.54, 1.807) is 0 Å². The zero-order valence-electron chi connectivity index (χ0n) is 9.01. The van der Waals surface area contributed by atoms with Crippen LogP contribution < -0.4 is 0 Å². The summed E-state index contributed by atoms with van der Waals surface area (Å²) >= 11 is 0. The largest absolute Gasteiger partial charge is 0.0654 e. The van der Waals surface area contributed by atoms with E-state index in [9.17, 15) is 0 Å². The van der Waals surface area contributed by atoms with Gasteiger partial charge in [-0.1, -0.05) is 63.9 Å². The monoisotopic (exact) mass is 176 g/mol. The molecule has 0 heterocycles. The van der Waals surface area contributed by atoms with Gasteiger partial charge in [-0.15, -0.1) is 0 Å². The zero-order valence-corrected chi connectivity index (χ0v) is 9.01. The maximum atomic E-state index is 2.33. The van der Waals surface area contributed by atoms with Crippen LogP contribution in [-0.2, 0) is 5.41 Å². The predicted molar refractivity (Wildman–Crippen MR) is 59.0 cm³/mol. The smallest absolute Gasteiger partial charge is 0.0104 e. The van der Waals surface area contributed by atoms with E-state index in [4.69, 9.17) is 0 Å². The molecule has 0 aliphatic rings. The van der Waals surface area contributed by atoms with E-state index in [0.29, 0.717) is 5.41 Å². The molecule has 0 spiro atoms. The van der Waals surface area contributed by atoms with Crippen molar-refractivity contribution in [2.24, 2.45) is 0 Å². The Balaban J connectivity index is 2.69. The van der Waals surface area contributed by atoms with Crippen LogP contribution in [0, 0.1) is 0 Å². The molecule has 0 aliphatic heterocycles. The molecule has 1 aromatic carbocycles. The highest BCUT2D eigenvalue weighted by atomic mass is 14.2. The molecule has 0 aromatic heterocycles. The number of hydrogen-bond donors (Lipinski definition) is 0. The number of rotatable bonds is 4. The van der Waals surface area contributed by atoms with Crippen LogP contribution in [0.1, 0.15) is 45.6 Å². The van der Waals surface area contributed by atoms with E-state index in [2.05, 4.69) is 51.1 Å². The van der Waals surface area contributed by atoms with Gasteiger partial charge in [-0.3, -0.25) is 0 Å². The van der Waals surface area contributed by atoms with Gasteiger partial charge in [-0.2, -0.15) is 0 Å². The molecule has 0 unspecified atom stereocenters. The highest BCUT2D eigenvalue weighted by Gasteiger charge is 2.18. The van der Waals surface area contributed by atoms with Crippen molar-refractivity contribution in [3.05, 3.63) is 35.9 Å². The van der Waals surface area contributed by atoms with Gasteiger partial charge >= 0.3 is 0 Å². The minimum absolute atomic E-state index is 0.345. The fourth-order valence-corrected chi connectivity index (χ4v) is 1.65. The van der Waals surface area contributed by atoms with Gasteiger partial charge in [0.25, 0.3) is 0 Å². The fourth-order valence-electron chi connectivity index (χ4n) is 1.65. The van der Waals surface area contributed by atoms with Gasteiger partial charge < -0.3 is 0 Å². The third-order valence-corrected chi connectivity index (χ3v) is 2.71. The van der Waals surface area contributed by atoms with Crippen LogP contribution in [-0.4, -0.2) is 0 Å². The van der Waals surface area contributed by atoms with Crippen LogP contribution in [0.25, 0.3) is 0 Å². The first-order valence-electron chi connectivity index (χ1n) is 5.22. The molecule has 72 valence electrons. The van der Waals surface area contributed by atoms with Crippen LogP contribution in [0.5, 0.6) is 0 Å². The Morgan fingerprint density at radius 3 is 2.23 bits per heavy atom. The number of hydrogen-bond acceptors (Lipinski definition) is 0. The van der Waals surface area contributed by atoms with Crippen molar-refractivity contribution in [2.75, 3.05) is 0 Å². The maximum Gasteiger partial charge on any atom is -0.0104 e. The summed E-state index contributed by atoms with van der Waals surface area (Å²) < 4.78 is 0. The third-order valence-electron chi connectivity index (χ3n) is 2.71. The van der Waals surface area contributed by atoms with Crippen LogP contribution in [0.3, 0.4) is 0 Å². The van der Waals surface area contributed by atoms with Crippen molar-refractivity contribution in [1.82, 2.24) is 0 Å². The molecule has 0 heteroatoms. The van der Waals surface area contributed by atoms with Crippen molar-refractivity contribution in [3.8, 4) is 0 Å². The summed E-state index contributed by atoms with van der Waals surface area (Å²) in [6, 6.07) is 10.8. The first-order valence-corrected chi connectivity index (χ1v) is 5.22. The minimum atomic E-state index is 0.345. The van der Waals surface area contributed by atoms with Crippen molar-refractivity contribution in [3.63, 3.8) is 0 Å². The molecule has 0 fully saturated rings. The molecule has 0 saturated carbocycles. The van der Waals surface area contributed by atoms with Crippen LogP contribution in [0.2, 0.25) is 0 Å².